The van der Waals surface area contributed by atoms with Gasteiger partial charge in [-0.3, -0.25) is 9.97 Å². The highest BCUT2D eigenvalue weighted by Gasteiger charge is 2.13. The zero-order chi connectivity index (χ0) is 16.5. The molecule has 0 saturated carbocycles. The number of nitrogens with one attached hydrogen (secondary N) is 1. The van der Waals surface area contributed by atoms with Crippen LogP contribution in [0, 0.1) is 0 Å². The summed E-state index contributed by atoms with van der Waals surface area (Å²) < 4.78 is 6.64. The highest BCUT2D eigenvalue weighted by molar-refractivity contribution is 5.72. The predicted octanol–water partition coefficient (Wildman–Crippen LogP) is 2.18. The summed E-state index contributed by atoms with van der Waals surface area (Å²) in [6.45, 7) is 0. The monoisotopic (exact) mass is 319 g/mol. The molecule has 0 bridgehead atoms. The normalized spacial score (nSPS) is 10.9. The molecular formula is C17H13N5O2. The predicted molar refractivity (Wildman–Crippen MR) is 89.3 cm³/mol. The van der Waals surface area contributed by atoms with Crippen molar-refractivity contribution in [1.82, 2.24) is 24.5 Å². The summed E-state index contributed by atoms with van der Waals surface area (Å²) in [6.07, 6.45) is 5.01. The highest BCUT2D eigenvalue weighted by Crippen LogP contribution is 2.20. The Morgan fingerprint density at radius 3 is 2.54 bits per heavy atom. The third-order valence-corrected chi connectivity index (χ3v) is 3.70. The SMILES string of the molecule is COc1ccc(-n2c(=O)[nH]c3ncc(-c4ccncc4)nc32)cc1. The van der Waals surface area contributed by atoms with E-state index < -0.39 is 0 Å². The van der Waals surface area contributed by atoms with Crippen LogP contribution in [0.5, 0.6) is 5.75 Å². The smallest absolute Gasteiger partial charge is 0.333 e. The summed E-state index contributed by atoms with van der Waals surface area (Å²) in [4.78, 5) is 28.0. The van der Waals surface area contributed by atoms with Crippen molar-refractivity contribution in [3.8, 4) is 22.7 Å². The Bertz CT molecular complexity index is 1050. The zero-order valence-corrected chi connectivity index (χ0v) is 12.8. The lowest BCUT2D eigenvalue weighted by Gasteiger charge is -2.05. The van der Waals surface area contributed by atoms with E-state index in [0.29, 0.717) is 22.7 Å². The van der Waals surface area contributed by atoms with Crippen molar-refractivity contribution in [2.24, 2.45) is 0 Å². The second-order valence-electron chi connectivity index (χ2n) is 5.13. The van der Waals surface area contributed by atoms with Gasteiger partial charge in [0.1, 0.15) is 5.75 Å². The van der Waals surface area contributed by atoms with E-state index in [1.807, 2.05) is 12.1 Å². The van der Waals surface area contributed by atoms with Gasteiger partial charge in [-0.05, 0) is 36.4 Å². The number of methoxy groups -OCH3 is 1. The molecule has 24 heavy (non-hydrogen) atoms. The Balaban J connectivity index is 1.91. The van der Waals surface area contributed by atoms with Crippen LogP contribution in [-0.4, -0.2) is 31.6 Å². The minimum absolute atomic E-state index is 0.290. The molecule has 0 amide bonds. The average Bonchev–Trinajstić information content (AvgIpc) is 2.97. The number of imidazole rings is 1. The number of nitrogens with zero attached hydrogens (tertiary/aromatic N) is 4. The number of fused-ring (bicyclic) bond motifs is 1. The van der Waals surface area contributed by atoms with Crippen molar-refractivity contribution in [2.45, 2.75) is 0 Å². The van der Waals surface area contributed by atoms with Crippen molar-refractivity contribution in [1.29, 1.82) is 0 Å². The molecule has 0 saturated heterocycles. The van der Waals surface area contributed by atoms with Gasteiger partial charge in [-0.15, -0.1) is 0 Å². The van der Waals surface area contributed by atoms with Gasteiger partial charge in [-0.2, -0.15) is 0 Å². The lowest BCUT2D eigenvalue weighted by atomic mass is 10.2. The first-order valence-corrected chi connectivity index (χ1v) is 7.29. The molecule has 7 heteroatoms. The molecule has 0 radical (unpaired) electrons. The molecule has 0 unspecified atom stereocenters. The molecule has 7 nitrogen and oxygen atoms in total. The van der Waals surface area contributed by atoms with E-state index in [0.717, 1.165) is 11.3 Å². The van der Waals surface area contributed by atoms with Gasteiger partial charge in [0, 0.05) is 18.0 Å². The quantitative estimate of drug-likeness (QED) is 0.625. The summed E-state index contributed by atoms with van der Waals surface area (Å²) in [5.41, 5.74) is 2.86. The number of hydrogen-bond donors (Lipinski definition) is 1. The first kappa shape index (κ1) is 14.1. The fourth-order valence-corrected chi connectivity index (χ4v) is 2.51. The summed E-state index contributed by atoms with van der Waals surface area (Å²) in [7, 11) is 1.60. The molecule has 3 heterocycles. The van der Waals surface area contributed by atoms with E-state index >= 15 is 0 Å². The molecule has 0 atom stereocenters. The molecule has 0 aliphatic rings. The van der Waals surface area contributed by atoms with Crippen LogP contribution >= 0.6 is 0 Å². The number of aromatic nitrogens is 5. The third kappa shape index (κ3) is 2.32. The Morgan fingerprint density at radius 2 is 1.83 bits per heavy atom. The molecule has 4 aromatic rings. The van der Waals surface area contributed by atoms with E-state index in [4.69, 9.17) is 4.74 Å². The van der Waals surface area contributed by atoms with E-state index in [9.17, 15) is 4.79 Å². The first-order valence-electron chi connectivity index (χ1n) is 7.29. The maximum atomic E-state index is 12.3. The summed E-state index contributed by atoms with van der Waals surface area (Å²) >= 11 is 0. The van der Waals surface area contributed by atoms with Crippen LogP contribution in [0.2, 0.25) is 0 Å². The lowest BCUT2D eigenvalue weighted by Crippen LogP contribution is -2.14. The van der Waals surface area contributed by atoms with Crippen molar-refractivity contribution in [2.75, 3.05) is 7.11 Å². The number of hydrogen-bond acceptors (Lipinski definition) is 5. The number of H-pyrrole nitrogens is 1. The topological polar surface area (TPSA) is 85.7 Å². The van der Waals surface area contributed by atoms with Crippen LogP contribution < -0.4 is 10.4 Å². The van der Waals surface area contributed by atoms with Gasteiger partial charge in [0.05, 0.1) is 24.7 Å². The zero-order valence-electron chi connectivity index (χ0n) is 12.8. The Hall–Kier alpha value is -3.48. The van der Waals surface area contributed by atoms with Crippen LogP contribution in [0.1, 0.15) is 0 Å². The Labute approximate surface area is 136 Å². The number of benzene rings is 1. The van der Waals surface area contributed by atoms with Crippen LogP contribution in [0.15, 0.2) is 59.8 Å². The second-order valence-corrected chi connectivity index (χ2v) is 5.13. The molecule has 118 valence electrons. The molecule has 1 N–H and O–H groups in total. The molecule has 1 aromatic carbocycles. The van der Waals surface area contributed by atoms with Gasteiger partial charge >= 0.3 is 5.69 Å². The van der Waals surface area contributed by atoms with Gasteiger partial charge in [0.2, 0.25) is 0 Å². The van der Waals surface area contributed by atoms with Gasteiger partial charge < -0.3 is 4.74 Å². The number of ether oxygens (including phenoxy) is 1. The molecule has 0 fully saturated rings. The van der Waals surface area contributed by atoms with Gasteiger partial charge in [-0.25, -0.2) is 19.3 Å². The third-order valence-electron chi connectivity index (χ3n) is 3.70. The minimum Gasteiger partial charge on any atom is -0.497 e. The summed E-state index contributed by atoms with van der Waals surface area (Å²) in [5.74, 6) is 0.718. The van der Waals surface area contributed by atoms with Crippen LogP contribution in [-0.2, 0) is 0 Å². The second kappa shape index (κ2) is 5.62. The molecule has 4 rings (SSSR count). The van der Waals surface area contributed by atoms with Crippen molar-refractivity contribution in [3.05, 3.63) is 65.5 Å². The molecular weight excluding hydrogens is 306 g/mol. The first-order chi connectivity index (χ1) is 11.8. The number of rotatable bonds is 3. The minimum atomic E-state index is -0.290. The van der Waals surface area contributed by atoms with Crippen LogP contribution in [0.4, 0.5) is 0 Å². The molecule has 0 aliphatic carbocycles. The highest BCUT2D eigenvalue weighted by atomic mass is 16.5. The molecule has 0 aliphatic heterocycles. The van der Waals surface area contributed by atoms with E-state index in [1.165, 1.54) is 4.57 Å². The maximum absolute atomic E-state index is 12.3. The van der Waals surface area contributed by atoms with Gasteiger partial charge in [0.15, 0.2) is 11.3 Å². The maximum Gasteiger partial charge on any atom is 0.333 e. The van der Waals surface area contributed by atoms with Crippen LogP contribution in [0.25, 0.3) is 28.2 Å². The number of pyridine rings is 1. The Morgan fingerprint density at radius 1 is 1.08 bits per heavy atom. The fraction of sp³-hybridized carbons (Fsp3) is 0.0588. The van der Waals surface area contributed by atoms with Crippen molar-refractivity contribution in [3.63, 3.8) is 0 Å². The summed E-state index contributed by atoms with van der Waals surface area (Å²) in [5, 5.41) is 0. The molecule has 3 aromatic heterocycles. The molecule has 0 spiro atoms. The average molecular weight is 319 g/mol. The summed E-state index contributed by atoms with van der Waals surface area (Å²) in [6, 6.07) is 10.9. The standard InChI is InChI=1S/C17H13N5O2/c1-24-13-4-2-12(3-5-13)22-16-15(21-17(22)23)19-10-14(20-16)11-6-8-18-9-7-11/h2-10H,1H3,(H,19,21,23). The van der Waals surface area contributed by atoms with Crippen LogP contribution in [0.3, 0.4) is 0 Å². The number of aromatic amines is 1. The van der Waals surface area contributed by atoms with Gasteiger partial charge in [0.25, 0.3) is 0 Å². The van der Waals surface area contributed by atoms with E-state index in [1.54, 1.807) is 50.0 Å². The van der Waals surface area contributed by atoms with Crippen molar-refractivity contribution >= 4 is 11.3 Å². The Kier molecular flexibility index (Phi) is 3.31. The lowest BCUT2D eigenvalue weighted by molar-refractivity contribution is 0.414. The van der Waals surface area contributed by atoms with Gasteiger partial charge in [-0.1, -0.05) is 0 Å². The van der Waals surface area contributed by atoms with Crippen molar-refractivity contribution < 1.29 is 4.74 Å². The van der Waals surface area contributed by atoms with E-state index in [2.05, 4.69) is 19.9 Å². The largest absolute Gasteiger partial charge is 0.497 e. The fourth-order valence-electron chi connectivity index (χ4n) is 2.51. The van der Waals surface area contributed by atoms with E-state index in [-0.39, 0.29) is 5.69 Å².